The summed E-state index contributed by atoms with van der Waals surface area (Å²) in [5.41, 5.74) is 5.14. The van der Waals surface area contributed by atoms with Crippen LogP contribution in [0.5, 0.6) is 5.75 Å². The zero-order chi connectivity index (χ0) is 26.1. The van der Waals surface area contributed by atoms with E-state index in [9.17, 15) is 9.18 Å². The van der Waals surface area contributed by atoms with Crippen LogP contribution in [0.2, 0.25) is 0 Å². The molecule has 0 bridgehead atoms. The van der Waals surface area contributed by atoms with Crippen LogP contribution in [0.1, 0.15) is 79.3 Å². The Balaban J connectivity index is 1.54. The Morgan fingerprint density at radius 3 is 2.84 bits per heavy atom. The third-order valence-corrected chi connectivity index (χ3v) is 7.31. The van der Waals surface area contributed by atoms with E-state index >= 15 is 0 Å². The van der Waals surface area contributed by atoms with Crippen LogP contribution in [-0.4, -0.2) is 48.2 Å². The maximum atomic E-state index is 14.1. The summed E-state index contributed by atoms with van der Waals surface area (Å²) < 4.78 is 19.5. The first kappa shape index (κ1) is 25.4. The normalized spacial score (nSPS) is 18.9. The quantitative estimate of drug-likeness (QED) is 0.469. The van der Waals surface area contributed by atoms with Crippen LogP contribution in [0, 0.1) is 12.7 Å². The van der Waals surface area contributed by atoms with Crippen LogP contribution < -0.4 is 20.3 Å². The predicted octanol–water partition coefficient (Wildman–Crippen LogP) is 5.03. The lowest BCUT2D eigenvalue weighted by molar-refractivity contribution is 0.0940. The maximum Gasteiger partial charge on any atom is 0.255 e. The predicted molar refractivity (Wildman–Crippen MR) is 144 cm³/mol. The molecular formula is C29H36FN5O2. The smallest absolute Gasteiger partial charge is 0.255 e. The van der Waals surface area contributed by atoms with E-state index in [1.54, 1.807) is 18.3 Å². The van der Waals surface area contributed by atoms with E-state index in [-0.39, 0.29) is 17.7 Å². The van der Waals surface area contributed by atoms with Crippen molar-refractivity contribution >= 4 is 22.5 Å². The highest BCUT2D eigenvalue weighted by Crippen LogP contribution is 2.43. The molecule has 7 nitrogen and oxygen atoms in total. The van der Waals surface area contributed by atoms with E-state index in [0.29, 0.717) is 24.1 Å². The van der Waals surface area contributed by atoms with E-state index in [0.717, 1.165) is 72.4 Å². The van der Waals surface area contributed by atoms with Gasteiger partial charge in [-0.3, -0.25) is 14.8 Å². The molecule has 2 aromatic heterocycles. The summed E-state index contributed by atoms with van der Waals surface area (Å²) in [6.45, 7) is 10.8. The average molecular weight is 506 g/mol. The SMILES string of the molecule is CCOc1cc([C@H](C)NC(=O)c2cnc3c(C4CC4)nc(C)cc3c2N2CCN[C@@H](C)CC2)ccc1F. The topological polar surface area (TPSA) is 79.4 Å². The molecule has 0 spiro atoms. The van der Waals surface area contributed by atoms with Gasteiger partial charge in [-0.05, 0) is 70.7 Å². The molecule has 2 atom stereocenters. The molecule has 1 saturated carbocycles. The molecule has 1 amide bonds. The summed E-state index contributed by atoms with van der Waals surface area (Å²) in [6, 6.07) is 6.86. The number of hydrogen-bond acceptors (Lipinski definition) is 6. The van der Waals surface area contributed by atoms with Crippen LogP contribution in [-0.2, 0) is 0 Å². The molecule has 196 valence electrons. The summed E-state index contributed by atoms with van der Waals surface area (Å²) in [5.74, 6) is 0.0266. The first-order valence-electron chi connectivity index (χ1n) is 13.4. The van der Waals surface area contributed by atoms with E-state index in [1.165, 1.54) is 6.07 Å². The van der Waals surface area contributed by atoms with Crippen molar-refractivity contribution in [1.29, 1.82) is 0 Å². The minimum Gasteiger partial charge on any atom is -0.491 e. The van der Waals surface area contributed by atoms with Crippen molar-refractivity contribution in [3.05, 3.63) is 58.8 Å². The number of carbonyl (C=O) groups excluding carboxylic acids is 1. The molecule has 8 heteroatoms. The van der Waals surface area contributed by atoms with Gasteiger partial charge in [0, 0.05) is 48.9 Å². The number of halogens is 1. The number of hydrogen-bond donors (Lipinski definition) is 2. The number of ether oxygens (including phenoxy) is 1. The second kappa shape index (κ2) is 10.6. The molecular weight excluding hydrogens is 469 g/mol. The van der Waals surface area contributed by atoms with E-state index in [4.69, 9.17) is 14.7 Å². The number of nitrogens with one attached hydrogen (secondary N) is 2. The number of aromatic nitrogens is 2. The van der Waals surface area contributed by atoms with Gasteiger partial charge in [0.25, 0.3) is 5.91 Å². The van der Waals surface area contributed by atoms with Gasteiger partial charge in [0.1, 0.15) is 0 Å². The van der Waals surface area contributed by atoms with Gasteiger partial charge < -0.3 is 20.3 Å². The minimum atomic E-state index is -0.412. The fourth-order valence-electron chi connectivity index (χ4n) is 5.14. The van der Waals surface area contributed by atoms with Gasteiger partial charge in [-0.25, -0.2) is 4.39 Å². The molecule has 2 N–H and O–H groups in total. The number of anilines is 1. The standard InChI is InChI=1S/C29H36FN5O2/c1-5-37-25-15-21(8-9-24(25)30)19(4)34-29(36)23-16-32-27-22(14-18(3)33-26(27)20-6-7-20)28(23)35-12-10-17(2)31-11-13-35/h8-9,14-17,19-20,31H,5-7,10-13H2,1-4H3,(H,34,36)/t17-,19-/m0/s1. The summed E-state index contributed by atoms with van der Waals surface area (Å²) in [4.78, 5) is 25.7. The summed E-state index contributed by atoms with van der Waals surface area (Å²) in [6.07, 6.45) is 4.96. The largest absolute Gasteiger partial charge is 0.491 e. The number of carbonyl (C=O) groups is 1. The van der Waals surface area contributed by atoms with Crippen molar-refractivity contribution in [3.63, 3.8) is 0 Å². The van der Waals surface area contributed by atoms with Gasteiger partial charge in [-0.1, -0.05) is 6.07 Å². The molecule has 0 radical (unpaired) electrons. The van der Waals surface area contributed by atoms with Crippen LogP contribution >= 0.6 is 0 Å². The average Bonchev–Trinajstić information content (AvgIpc) is 3.73. The fourth-order valence-corrected chi connectivity index (χ4v) is 5.14. The monoisotopic (exact) mass is 505 g/mol. The number of benzene rings is 1. The number of aryl methyl sites for hydroxylation is 1. The lowest BCUT2D eigenvalue weighted by Gasteiger charge is -2.27. The third kappa shape index (κ3) is 5.39. The molecule has 1 aliphatic carbocycles. The zero-order valence-corrected chi connectivity index (χ0v) is 22.1. The minimum absolute atomic E-state index is 0.191. The molecule has 1 aromatic carbocycles. The van der Waals surface area contributed by atoms with Crippen LogP contribution in [0.25, 0.3) is 10.9 Å². The van der Waals surface area contributed by atoms with Gasteiger partial charge in [-0.15, -0.1) is 0 Å². The molecule has 1 saturated heterocycles. The Morgan fingerprint density at radius 1 is 1.27 bits per heavy atom. The van der Waals surface area contributed by atoms with Crippen molar-refractivity contribution in [3.8, 4) is 5.75 Å². The molecule has 1 aliphatic heterocycles. The van der Waals surface area contributed by atoms with Crippen molar-refractivity contribution in [1.82, 2.24) is 20.6 Å². The van der Waals surface area contributed by atoms with Gasteiger partial charge in [-0.2, -0.15) is 0 Å². The first-order valence-corrected chi connectivity index (χ1v) is 13.4. The van der Waals surface area contributed by atoms with Crippen LogP contribution in [0.15, 0.2) is 30.5 Å². The van der Waals surface area contributed by atoms with Gasteiger partial charge in [0.15, 0.2) is 11.6 Å². The molecule has 5 rings (SSSR count). The molecule has 37 heavy (non-hydrogen) atoms. The highest BCUT2D eigenvalue weighted by Gasteiger charge is 2.31. The van der Waals surface area contributed by atoms with Gasteiger partial charge >= 0.3 is 0 Å². The highest BCUT2D eigenvalue weighted by molar-refractivity contribution is 6.08. The second-order valence-electron chi connectivity index (χ2n) is 10.3. The van der Waals surface area contributed by atoms with Crippen molar-refractivity contribution in [2.24, 2.45) is 0 Å². The number of amides is 1. The second-order valence-corrected chi connectivity index (χ2v) is 10.3. The fraction of sp³-hybridized carbons (Fsp3) is 0.483. The summed E-state index contributed by atoms with van der Waals surface area (Å²) >= 11 is 0. The van der Waals surface area contributed by atoms with E-state index in [1.807, 2.05) is 20.8 Å². The molecule has 2 aliphatic rings. The first-order chi connectivity index (χ1) is 17.9. The van der Waals surface area contributed by atoms with Gasteiger partial charge in [0.2, 0.25) is 0 Å². The summed E-state index contributed by atoms with van der Waals surface area (Å²) in [7, 11) is 0. The Hall–Kier alpha value is -3.26. The highest BCUT2D eigenvalue weighted by atomic mass is 19.1. The number of nitrogens with zero attached hydrogens (tertiary/aromatic N) is 3. The zero-order valence-electron chi connectivity index (χ0n) is 22.1. The Morgan fingerprint density at radius 2 is 2.08 bits per heavy atom. The number of fused-ring (bicyclic) bond motifs is 1. The molecule has 3 heterocycles. The van der Waals surface area contributed by atoms with E-state index < -0.39 is 5.82 Å². The van der Waals surface area contributed by atoms with Gasteiger partial charge in [0.05, 0.1) is 35.1 Å². The van der Waals surface area contributed by atoms with Crippen molar-refractivity contribution in [2.45, 2.75) is 65.0 Å². The number of rotatable bonds is 7. The van der Waals surface area contributed by atoms with E-state index in [2.05, 4.69) is 28.5 Å². The van der Waals surface area contributed by atoms with Crippen LogP contribution in [0.4, 0.5) is 10.1 Å². The number of pyridine rings is 2. The Kier molecular flexibility index (Phi) is 7.29. The van der Waals surface area contributed by atoms with Crippen LogP contribution in [0.3, 0.4) is 0 Å². The third-order valence-electron chi connectivity index (χ3n) is 7.31. The molecule has 2 fully saturated rings. The summed E-state index contributed by atoms with van der Waals surface area (Å²) in [5, 5.41) is 7.66. The molecule has 3 aromatic rings. The van der Waals surface area contributed by atoms with Crippen molar-refractivity contribution < 1.29 is 13.9 Å². The molecule has 0 unspecified atom stereocenters. The Bertz CT molecular complexity index is 1310. The Labute approximate surface area is 217 Å². The lowest BCUT2D eigenvalue weighted by Crippen LogP contribution is -2.33. The lowest BCUT2D eigenvalue weighted by atomic mass is 10.0. The van der Waals surface area contributed by atoms with Crippen molar-refractivity contribution in [2.75, 3.05) is 31.1 Å². The maximum absolute atomic E-state index is 14.1.